The number of ketones is 1. The molecule has 0 aromatic carbocycles. The number of alkyl carbamates (subject to hydrolysis) is 1. The van der Waals surface area contributed by atoms with Gasteiger partial charge in [0.05, 0.1) is 77.6 Å². The highest BCUT2D eigenvalue weighted by atomic mass is 35.5. The number of halogens is 2. The number of aliphatic hydroxyl groups is 2. The van der Waals surface area contributed by atoms with Crippen LogP contribution in [0.25, 0.3) is 0 Å². The van der Waals surface area contributed by atoms with Crippen molar-refractivity contribution in [1.29, 1.82) is 0 Å². The second-order valence-electron chi connectivity index (χ2n) is 19.7. The number of alkyl halides is 2. The van der Waals surface area contributed by atoms with Crippen molar-refractivity contribution in [2.75, 3.05) is 11.8 Å². The van der Waals surface area contributed by atoms with Crippen LogP contribution in [0, 0.1) is 41.4 Å². The first kappa shape index (κ1) is 51.4. The van der Waals surface area contributed by atoms with E-state index < -0.39 is 101 Å². The van der Waals surface area contributed by atoms with Crippen LogP contribution in [0.5, 0.6) is 0 Å². The summed E-state index contributed by atoms with van der Waals surface area (Å²) >= 11 is 12.0. The number of rotatable bonds is 17. The Balaban J connectivity index is 1.37. The number of aliphatic hydroxyl groups excluding tert-OH is 1. The van der Waals surface area contributed by atoms with Gasteiger partial charge in [0.15, 0.2) is 5.79 Å². The van der Waals surface area contributed by atoms with Crippen molar-refractivity contribution in [3.63, 3.8) is 0 Å². The number of nitrogens with one attached hydrogen (secondary N) is 1. The SMILES string of the molecule is CC[C@@H](C(=O)[C@@H](C)[C@@H](O)[C@H](C)[C@@H]1O[C@@H]([C@@H](CC)C(=O)O)CC[C@@H]1C)[C@H]1O[C@]2(C=C[C@@H](NC(=O)OC(CCl)CCl)C(C3CC[C@@](C)([C@H]4CC[C@](O)(CC)[C@H](C)O4)O3)O2)[C@H](C)C[C@@H]1C. The van der Waals surface area contributed by atoms with Gasteiger partial charge in [0.1, 0.15) is 18.0 Å². The Morgan fingerprint density at radius 2 is 1.56 bits per heavy atom. The van der Waals surface area contributed by atoms with Gasteiger partial charge < -0.3 is 49.1 Å². The molecule has 5 rings (SSSR count). The smallest absolute Gasteiger partial charge is 0.408 e. The van der Waals surface area contributed by atoms with E-state index in [4.69, 9.17) is 51.6 Å². The molecule has 2 unspecified atom stereocenters. The van der Waals surface area contributed by atoms with E-state index in [9.17, 15) is 29.7 Å². The number of carboxylic acid groups (broad SMARTS) is 1. The van der Waals surface area contributed by atoms with Crippen molar-refractivity contribution in [2.45, 2.75) is 211 Å². The number of amides is 1. The minimum atomic E-state index is -1.27. The molecular formula is C47H77Cl2NO12. The highest BCUT2D eigenvalue weighted by Crippen LogP contribution is 2.49. The molecule has 4 N–H and O–H groups in total. The fourth-order valence-corrected chi connectivity index (χ4v) is 11.7. The maximum Gasteiger partial charge on any atom is 0.408 e. The van der Waals surface area contributed by atoms with E-state index >= 15 is 0 Å². The van der Waals surface area contributed by atoms with Gasteiger partial charge in [-0.1, -0.05) is 61.5 Å². The van der Waals surface area contributed by atoms with E-state index in [0.29, 0.717) is 57.8 Å². The van der Waals surface area contributed by atoms with Crippen LogP contribution in [0.1, 0.15) is 133 Å². The Morgan fingerprint density at radius 1 is 0.887 bits per heavy atom. The molecule has 0 aliphatic carbocycles. The topological polar surface area (TPSA) is 179 Å². The number of Topliss-reactive ketones (excluding diaryl/α,β-unsaturated/α-hetero) is 1. The highest BCUT2D eigenvalue weighted by Gasteiger charge is 2.57. The van der Waals surface area contributed by atoms with Gasteiger partial charge in [-0.05, 0) is 96.0 Å². The lowest BCUT2D eigenvalue weighted by Crippen LogP contribution is -2.62. The summed E-state index contributed by atoms with van der Waals surface area (Å²) in [5.41, 5.74) is -1.58. The van der Waals surface area contributed by atoms with Gasteiger partial charge in [0.25, 0.3) is 0 Å². The van der Waals surface area contributed by atoms with E-state index in [1.807, 2.05) is 53.7 Å². The number of aliphatic carboxylic acids is 1. The molecule has 4 fully saturated rings. The van der Waals surface area contributed by atoms with Gasteiger partial charge in [-0.2, -0.15) is 0 Å². The zero-order valence-electron chi connectivity index (χ0n) is 38.7. The first-order valence-electron chi connectivity index (χ1n) is 23.5. The molecule has 0 aromatic heterocycles. The molecule has 356 valence electrons. The van der Waals surface area contributed by atoms with Crippen LogP contribution in [0.15, 0.2) is 12.2 Å². The fraction of sp³-hybridized carbons (Fsp3) is 0.894. The van der Waals surface area contributed by atoms with Crippen LogP contribution in [0.3, 0.4) is 0 Å². The Hall–Kier alpha value is -1.55. The first-order valence-corrected chi connectivity index (χ1v) is 24.6. The van der Waals surface area contributed by atoms with E-state index in [-0.39, 0.29) is 47.5 Å². The highest BCUT2D eigenvalue weighted by molar-refractivity contribution is 6.21. The molecular weight excluding hydrogens is 841 g/mol. The average molecular weight is 919 g/mol. The van der Waals surface area contributed by atoms with Gasteiger partial charge >= 0.3 is 12.1 Å². The van der Waals surface area contributed by atoms with E-state index in [1.165, 1.54) is 0 Å². The summed E-state index contributed by atoms with van der Waals surface area (Å²) in [7, 11) is 0. The first-order chi connectivity index (χ1) is 29.2. The molecule has 4 saturated heterocycles. The van der Waals surface area contributed by atoms with Crippen molar-refractivity contribution in [3.05, 3.63) is 12.2 Å². The molecule has 0 bridgehead atoms. The number of hydrogen-bond acceptors (Lipinski definition) is 11. The van der Waals surface area contributed by atoms with Gasteiger partial charge in [-0.25, -0.2) is 4.79 Å². The zero-order valence-corrected chi connectivity index (χ0v) is 40.2. The van der Waals surface area contributed by atoms with Gasteiger partial charge in [-0.3, -0.25) is 9.59 Å². The standard InChI is InChI=1S/C47H77Cl2NO12/c1-11-32(43(53)54)35-15-14-25(4)40(59-35)29(8)38(51)28(7)39(52)33(12-2)41-26(5)22-27(6)47(61-41)21-16-34(50-44(55)58-31(23-48)24-49)42(62-47)36-17-19-45(10,60-36)37-18-20-46(56,13-3)30(9)57-37/h16,21,25-38,40-42,51,56H,11-15,17-20,22-24H2,1-10H3,(H,50,55)(H,53,54)/t25-,26-,27+,28-,29-,30-,32+,33-,34+,35+,36?,37+,38+,40+,41-,42?,45-,46+,47-/m0/s1. The number of ether oxygens (including phenoxy) is 6. The molecule has 5 aliphatic rings. The summed E-state index contributed by atoms with van der Waals surface area (Å²) in [6.45, 7) is 19.6. The minimum Gasteiger partial charge on any atom is -0.481 e. The van der Waals surface area contributed by atoms with E-state index in [2.05, 4.69) is 26.1 Å². The maximum absolute atomic E-state index is 14.6. The van der Waals surface area contributed by atoms with Crippen LogP contribution in [-0.4, -0.2) is 123 Å². The van der Waals surface area contributed by atoms with Gasteiger partial charge in [0.2, 0.25) is 0 Å². The number of carbonyl (C=O) groups excluding carboxylic acids is 2. The predicted molar refractivity (Wildman–Crippen MR) is 236 cm³/mol. The third-order valence-corrected chi connectivity index (χ3v) is 16.3. The van der Waals surface area contributed by atoms with Crippen molar-refractivity contribution >= 4 is 41.0 Å². The van der Waals surface area contributed by atoms with Crippen LogP contribution < -0.4 is 5.32 Å². The van der Waals surface area contributed by atoms with Gasteiger partial charge in [0, 0.05) is 23.7 Å². The molecule has 62 heavy (non-hydrogen) atoms. The van der Waals surface area contributed by atoms with Crippen LogP contribution in [0.4, 0.5) is 4.79 Å². The molecule has 19 atom stereocenters. The number of hydrogen-bond donors (Lipinski definition) is 4. The lowest BCUT2D eigenvalue weighted by Gasteiger charge is -2.52. The summed E-state index contributed by atoms with van der Waals surface area (Å²) in [4.78, 5) is 39.9. The number of carboxylic acids is 1. The molecule has 0 saturated carbocycles. The Bertz CT molecular complexity index is 1550. The predicted octanol–water partition coefficient (Wildman–Crippen LogP) is 7.81. The Kier molecular flexibility index (Phi) is 17.7. The molecule has 5 aliphatic heterocycles. The Morgan fingerprint density at radius 3 is 2.16 bits per heavy atom. The molecule has 15 heteroatoms. The molecule has 13 nitrogen and oxygen atoms in total. The molecule has 5 heterocycles. The van der Waals surface area contributed by atoms with Gasteiger partial charge in [-0.15, -0.1) is 23.2 Å². The lowest BCUT2D eigenvalue weighted by molar-refractivity contribution is -0.327. The molecule has 1 amide bonds. The van der Waals surface area contributed by atoms with Crippen molar-refractivity contribution < 1.29 is 58.1 Å². The van der Waals surface area contributed by atoms with Crippen molar-refractivity contribution in [2.24, 2.45) is 41.4 Å². The molecule has 0 radical (unpaired) electrons. The summed E-state index contributed by atoms with van der Waals surface area (Å²) in [5.74, 6) is -4.64. The zero-order chi connectivity index (χ0) is 45.9. The Labute approximate surface area is 380 Å². The third-order valence-electron chi connectivity index (χ3n) is 15.6. The molecule has 0 aromatic rings. The second-order valence-corrected chi connectivity index (χ2v) is 20.4. The van der Waals surface area contributed by atoms with Crippen molar-refractivity contribution in [1.82, 2.24) is 5.32 Å². The maximum atomic E-state index is 14.6. The molecule has 1 spiro atoms. The van der Waals surface area contributed by atoms with Crippen LogP contribution >= 0.6 is 23.2 Å². The van der Waals surface area contributed by atoms with Crippen LogP contribution in [-0.2, 0) is 38.0 Å². The lowest BCUT2D eigenvalue weighted by atomic mass is 9.72. The number of carbonyl (C=O) groups is 3. The normalized spacial score (nSPS) is 41.3. The fourth-order valence-electron chi connectivity index (χ4n) is 11.2. The monoisotopic (exact) mass is 917 g/mol. The summed E-state index contributed by atoms with van der Waals surface area (Å²) in [6, 6.07) is -0.677. The largest absolute Gasteiger partial charge is 0.481 e. The quantitative estimate of drug-likeness (QED) is 0.0823. The summed E-state index contributed by atoms with van der Waals surface area (Å²) in [5, 5.41) is 35.8. The second kappa shape index (κ2) is 21.4. The summed E-state index contributed by atoms with van der Waals surface area (Å²) < 4.78 is 39.6. The summed E-state index contributed by atoms with van der Waals surface area (Å²) in [6.07, 6.45) is 4.17. The average Bonchev–Trinajstić information content (AvgIpc) is 3.66. The van der Waals surface area contributed by atoms with E-state index in [1.54, 1.807) is 6.92 Å². The minimum absolute atomic E-state index is 0.0294. The van der Waals surface area contributed by atoms with E-state index in [0.717, 1.165) is 6.42 Å². The van der Waals surface area contributed by atoms with Crippen LogP contribution in [0.2, 0.25) is 0 Å². The van der Waals surface area contributed by atoms with Crippen molar-refractivity contribution in [3.8, 4) is 0 Å². The third kappa shape index (κ3) is 10.8.